The SMILES string of the molecule is Cn1c(=O)n(C2CCC(=O)NC2=O)c2cccc(C#CCO[C@H]3CCN(C[C@H]4CC[C@H](n5cc(NC(=O)OC(C)(C)C)c(C(F)F)n5)CC4)C[C@@H]3F)c21. The van der Waals surface area contributed by atoms with Crippen molar-refractivity contribution in [2.45, 2.75) is 102 Å². The first kappa shape index (κ1) is 38.1. The van der Waals surface area contributed by atoms with Gasteiger partial charge in [-0.3, -0.25) is 38.9 Å². The number of alkyl halides is 3. The molecule has 2 N–H and O–H groups in total. The van der Waals surface area contributed by atoms with Gasteiger partial charge in [-0.1, -0.05) is 17.9 Å². The quantitative estimate of drug-likeness (QED) is 0.243. The normalized spacial score (nSPS) is 24.2. The van der Waals surface area contributed by atoms with Gasteiger partial charge in [0.25, 0.3) is 6.43 Å². The van der Waals surface area contributed by atoms with Gasteiger partial charge in [0.05, 0.1) is 34.4 Å². The highest BCUT2D eigenvalue weighted by Gasteiger charge is 2.34. The Balaban J connectivity index is 0.983. The van der Waals surface area contributed by atoms with Crippen LogP contribution in [0.15, 0.2) is 29.2 Å². The van der Waals surface area contributed by atoms with E-state index in [9.17, 15) is 28.0 Å². The van der Waals surface area contributed by atoms with Crippen molar-refractivity contribution >= 4 is 34.6 Å². The number of rotatable bonds is 8. The highest BCUT2D eigenvalue weighted by molar-refractivity contribution is 6.00. The Morgan fingerprint density at radius 2 is 1.87 bits per heavy atom. The number of aryl methyl sites for hydroxylation is 1. The lowest BCUT2D eigenvalue weighted by Gasteiger charge is -2.38. The first-order valence-corrected chi connectivity index (χ1v) is 18.1. The van der Waals surface area contributed by atoms with Gasteiger partial charge < -0.3 is 9.47 Å². The van der Waals surface area contributed by atoms with Gasteiger partial charge in [0.15, 0.2) is 5.69 Å². The maximum Gasteiger partial charge on any atom is 0.412 e. The molecule has 0 bridgehead atoms. The number of fused-ring (bicyclic) bond motifs is 1. The van der Waals surface area contributed by atoms with Gasteiger partial charge in [0.2, 0.25) is 11.8 Å². The number of ether oxygens (including phenoxy) is 2. The summed E-state index contributed by atoms with van der Waals surface area (Å²) in [6, 6.07) is 4.37. The number of para-hydroxylation sites is 1. The van der Waals surface area contributed by atoms with Crippen LogP contribution in [-0.2, 0) is 26.1 Å². The number of likely N-dealkylation sites (tertiary alicyclic amines) is 1. The Morgan fingerprint density at radius 1 is 1.11 bits per heavy atom. The second kappa shape index (κ2) is 15.8. The Hall–Kier alpha value is -4.62. The number of nitrogens with zero attached hydrogens (tertiary/aromatic N) is 5. The van der Waals surface area contributed by atoms with E-state index in [0.717, 1.165) is 32.2 Å². The number of carbonyl (C=O) groups is 3. The van der Waals surface area contributed by atoms with Gasteiger partial charge in [-0.15, -0.1) is 0 Å². The van der Waals surface area contributed by atoms with Crippen LogP contribution in [0.5, 0.6) is 0 Å². The molecule has 3 fully saturated rings. The van der Waals surface area contributed by atoms with Crippen molar-refractivity contribution in [3.8, 4) is 11.8 Å². The molecule has 1 aromatic carbocycles. The van der Waals surface area contributed by atoms with Gasteiger partial charge in [0.1, 0.15) is 24.4 Å². The molecule has 286 valence electrons. The fourth-order valence-electron chi connectivity index (χ4n) is 7.57. The predicted molar refractivity (Wildman–Crippen MR) is 189 cm³/mol. The third-order valence-corrected chi connectivity index (χ3v) is 10.1. The number of hydrogen-bond donors (Lipinski definition) is 2. The largest absolute Gasteiger partial charge is 0.444 e. The third-order valence-electron chi connectivity index (χ3n) is 10.1. The van der Waals surface area contributed by atoms with Crippen LogP contribution in [0.25, 0.3) is 11.0 Å². The van der Waals surface area contributed by atoms with E-state index in [0.29, 0.717) is 35.5 Å². The summed E-state index contributed by atoms with van der Waals surface area (Å²) in [5, 5.41) is 8.82. The maximum atomic E-state index is 15.3. The molecule has 2 aromatic heterocycles. The Kier molecular flexibility index (Phi) is 11.3. The first-order chi connectivity index (χ1) is 25.2. The van der Waals surface area contributed by atoms with Crippen LogP contribution < -0.4 is 16.3 Å². The lowest BCUT2D eigenvalue weighted by Crippen LogP contribution is -2.47. The van der Waals surface area contributed by atoms with E-state index < -0.39 is 48.0 Å². The molecule has 3 aromatic rings. The minimum atomic E-state index is -2.86. The summed E-state index contributed by atoms with van der Waals surface area (Å²) in [6.45, 7) is 6.71. The number of halogens is 3. The molecule has 2 saturated heterocycles. The number of imide groups is 1. The van der Waals surface area contributed by atoms with E-state index >= 15 is 4.39 Å². The minimum Gasteiger partial charge on any atom is -0.444 e. The van der Waals surface area contributed by atoms with Crippen LogP contribution in [0, 0.1) is 17.8 Å². The highest BCUT2D eigenvalue weighted by Crippen LogP contribution is 2.36. The van der Waals surface area contributed by atoms with E-state index in [1.807, 2.05) is 0 Å². The van der Waals surface area contributed by atoms with Crippen molar-refractivity contribution in [3.05, 3.63) is 46.1 Å². The summed E-state index contributed by atoms with van der Waals surface area (Å²) in [5.74, 6) is 5.46. The van der Waals surface area contributed by atoms with Gasteiger partial charge in [-0.25, -0.2) is 22.8 Å². The first-order valence-electron chi connectivity index (χ1n) is 18.1. The molecule has 3 atom stereocenters. The van der Waals surface area contributed by atoms with Crippen LogP contribution in [0.4, 0.5) is 23.7 Å². The maximum absolute atomic E-state index is 15.3. The molecule has 13 nitrogen and oxygen atoms in total. The lowest BCUT2D eigenvalue weighted by atomic mass is 9.85. The van der Waals surface area contributed by atoms with Gasteiger partial charge in [-0.2, -0.15) is 5.10 Å². The molecular weight excluding hydrogens is 695 g/mol. The standard InChI is InChI=1S/C37H46F3N7O6/c1-37(2,3)53-35(50)41-26-21-46(43-31(26)33(39)40)24-12-10-22(11-13-24)19-45-17-16-29(25(38)20-45)52-18-6-8-23-7-5-9-27-32(23)44(4)36(51)47(27)28-14-15-30(48)42-34(28)49/h5,7,9,21-22,24-25,28-29,33H,10-20H2,1-4H3,(H,41,50)(H,42,48,49)/t22-,24-,25-,28?,29-/m0/s1. The fourth-order valence-corrected chi connectivity index (χ4v) is 7.57. The molecular formula is C37H46F3N7O6. The average molecular weight is 742 g/mol. The second-order valence-corrected chi connectivity index (χ2v) is 15.1. The van der Waals surface area contributed by atoms with Crippen molar-refractivity contribution in [3.63, 3.8) is 0 Å². The summed E-state index contributed by atoms with van der Waals surface area (Å²) in [5.41, 5.74) is -0.0532. The van der Waals surface area contributed by atoms with Crippen LogP contribution in [0.1, 0.15) is 95.5 Å². The molecule has 0 radical (unpaired) electrons. The monoisotopic (exact) mass is 741 g/mol. The smallest absolute Gasteiger partial charge is 0.412 e. The van der Waals surface area contributed by atoms with Crippen molar-refractivity contribution in [1.82, 2.24) is 29.1 Å². The van der Waals surface area contributed by atoms with Gasteiger partial charge >= 0.3 is 11.8 Å². The van der Waals surface area contributed by atoms with E-state index in [2.05, 4.69) is 32.5 Å². The summed E-state index contributed by atoms with van der Waals surface area (Å²) < 4.78 is 58.2. The molecule has 53 heavy (non-hydrogen) atoms. The number of anilines is 1. The van der Waals surface area contributed by atoms with E-state index in [-0.39, 0.29) is 49.3 Å². The van der Waals surface area contributed by atoms with Crippen LogP contribution in [-0.4, -0.2) is 85.8 Å². The molecule has 1 saturated carbocycles. The molecule has 3 aliphatic rings. The number of aromatic nitrogens is 4. The van der Waals surface area contributed by atoms with Crippen molar-refractivity contribution in [2.24, 2.45) is 13.0 Å². The van der Waals surface area contributed by atoms with E-state index in [1.165, 1.54) is 20.0 Å². The number of hydrogen-bond acceptors (Lipinski definition) is 8. The molecule has 2 aliphatic heterocycles. The number of piperidine rings is 2. The highest BCUT2D eigenvalue weighted by atomic mass is 19.3. The molecule has 3 amide bonds. The number of benzene rings is 1. The predicted octanol–water partition coefficient (Wildman–Crippen LogP) is 5.01. The third kappa shape index (κ3) is 8.79. The summed E-state index contributed by atoms with van der Waals surface area (Å²) in [6.07, 6.45) is -0.0217. The van der Waals surface area contributed by atoms with Crippen LogP contribution in [0.3, 0.4) is 0 Å². The van der Waals surface area contributed by atoms with Crippen molar-refractivity contribution < 1.29 is 37.0 Å². The van der Waals surface area contributed by atoms with Crippen molar-refractivity contribution in [1.29, 1.82) is 0 Å². The zero-order chi connectivity index (χ0) is 38.0. The van der Waals surface area contributed by atoms with Crippen molar-refractivity contribution in [2.75, 3.05) is 31.6 Å². The molecule has 1 aliphatic carbocycles. The zero-order valence-corrected chi connectivity index (χ0v) is 30.4. The Labute approximate surface area is 305 Å². The summed E-state index contributed by atoms with van der Waals surface area (Å²) >= 11 is 0. The molecule has 16 heteroatoms. The minimum absolute atomic E-state index is 0.00297. The molecule has 0 spiro atoms. The number of imidazole rings is 1. The fraction of sp³-hybridized carbons (Fsp3) is 0.595. The summed E-state index contributed by atoms with van der Waals surface area (Å²) in [4.78, 5) is 51.7. The number of nitrogens with one attached hydrogen (secondary N) is 2. The molecule has 4 heterocycles. The Bertz CT molecular complexity index is 1960. The summed E-state index contributed by atoms with van der Waals surface area (Å²) in [7, 11) is 1.61. The van der Waals surface area contributed by atoms with Gasteiger partial charge in [-0.05, 0) is 77.3 Å². The zero-order valence-electron chi connectivity index (χ0n) is 30.4. The van der Waals surface area contributed by atoms with Gasteiger partial charge in [0, 0.05) is 39.3 Å². The molecule has 6 rings (SSSR count). The molecule has 1 unspecified atom stereocenters. The van der Waals surface area contributed by atoms with E-state index in [4.69, 9.17) is 9.47 Å². The lowest BCUT2D eigenvalue weighted by molar-refractivity contribution is -0.135. The second-order valence-electron chi connectivity index (χ2n) is 15.1. The Morgan fingerprint density at radius 3 is 2.55 bits per heavy atom. The number of amides is 3. The number of carbonyl (C=O) groups excluding carboxylic acids is 3. The van der Waals surface area contributed by atoms with E-state index in [1.54, 1.807) is 46.0 Å². The average Bonchev–Trinajstić information content (AvgIpc) is 3.62. The van der Waals surface area contributed by atoms with Crippen LogP contribution in [0.2, 0.25) is 0 Å². The van der Waals surface area contributed by atoms with Crippen LogP contribution >= 0.6 is 0 Å². The topological polar surface area (TPSA) is 142 Å².